The molecule has 0 saturated carbocycles. The van der Waals surface area contributed by atoms with Gasteiger partial charge in [-0.3, -0.25) is 4.79 Å². The Bertz CT molecular complexity index is 1100. The van der Waals surface area contributed by atoms with Gasteiger partial charge in [-0.05, 0) is 39.7 Å². The molecule has 1 aliphatic heterocycles. The van der Waals surface area contributed by atoms with Gasteiger partial charge < -0.3 is 20.3 Å². The fraction of sp³-hybridized carbons (Fsp3) is 0.560. The number of rotatable bonds is 5. The second-order valence-electron chi connectivity index (χ2n) is 10.2. The highest BCUT2D eigenvalue weighted by atomic mass is 19.1. The van der Waals surface area contributed by atoms with Crippen molar-refractivity contribution in [1.29, 1.82) is 0 Å². The predicted octanol–water partition coefficient (Wildman–Crippen LogP) is 3.53. The molecule has 1 aliphatic rings. The van der Waals surface area contributed by atoms with Gasteiger partial charge in [0.2, 0.25) is 0 Å². The van der Waals surface area contributed by atoms with Gasteiger partial charge in [-0.2, -0.15) is 5.10 Å². The molecule has 3 rings (SSSR count). The summed E-state index contributed by atoms with van der Waals surface area (Å²) in [5.74, 6) is -0.182. The van der Waals surface area contributed by atoms with Crippen LogP contribution in [0.15, 0.2) is 23.0 Å². The first-order valence-corrected chi connectivity index (χ1v) is 11.7. The first kappa shape index (κ1) is 25.7. The molecule has 0 spiro atoms. The average Bonchev–Trinajstić information content (AvgIpc) is 2.75. The fourth-order valence-electron chi connectivity index (χ4n) is 4.04. The van der Waals surface area contributed by atoms with Crippen molar-refractivity contribution in [3.63, 3.8) is 0 Å². The van der Waals surface area contributed by atoms with Crippen LogP contribution in [0.2, 0.25) is 0 Å². The Balaban J connectivity index is 2.00. The van der Waals surface area contributed by atoms with Crippen molar-refractivity contribution in [2.45, 2.75) is 60.2 Å². The number of ether oxygens (including phenoxy) is 1. The Morgan fingerprint density at radius 2 is 1.85 bits per heavy atom. The first-order chi connectivity index (χ1) is 15.9. The second-order valence-corrected chi connectivity index (χ2v) is 10.2. The van der Waals surface area contributed by atoms with Crippen molar-refractivity contribution in [3.8, 4) is 11.3 Å². The highest BCUT2D eigenvalue weighted by Gasteiger charge is 2.29. The lowest BCUT2D eigenvalue weighted by Crippen LogP contribution is -2.50. The van der Waals surface area contributed by atoms with Gasteiger partial charge in [-0.15, -0.1) is 0 Å². The van der Waals surface area contributed by atoms with Gasteiger partial charge in [0, 0.05) is 56.0 Å². The van der Waals surface area contributed by atoms with Crippen molar-refractivity contribution in [3.05, 3.63) is 45.5 Å². The zero-order valence-corrected chi connectivity index (χ0v) is 21.0. The maximum absolute atomic E-state index is 14.6. The summed E-state index contributed by atoms with van der Waals surface area (Å²) in [6, 6.07) is 4.87. The van der Waals surface area contributed by atoms with Crippen LogP contribution in [0.3, 0.4) is 0 Å². The van der Waals surface area contributed by atoms with E-state index >= 15 is 0 Å². The Morgan fingerprint density at radius 1 is 1.21 bits per heavy atom. The van der Waals surface area contributed by atoms with E-state index in [2.05, 4.69) is 5.10 Å². The number of carbonyl (C=O) groups excluding carboxylic acids is 1. The van der Waals surface area contributed by atoms with Crippen LogP contribution in [-0.4, -0.2) is 52.6 Å². The van der Waals surface area contributed by atoms with Gasteiger partial charge in [-0.1, -0.05) is 26.0 Å². The first-order valence-electron chi connectivity index (χ1n) is 11.7. The number of aromatic nitrogens is 2. The van der Waals surface area contributed by atoms with E-state index in [-0.39, 0.29) is 24.1 Å². The van der Waals surface area contributed by atoms with E-state index in [9.17, 15) is 14.0 Å². The molecule has 34 heavy (non-hydrogen) atoms. The van der Waals surface area contributed by atoms with E-state index in [1.165, 1.54) is 10.7 Å². The molecule has 186 valence electrons. The molecule has 1 saturated heterocycles. The average molecular weight is 474 g/mol. The van der Waals surface area contributed by atoms with Crippen molar-refractivity contribution < 1.29 is 13.9 Å². The van der Waals surface area contributed by atoms with Gasteiger partial charge >= 0.3 is 6.09 Å². The molecule has 0 aliphatic carbocycles. The zero-order valence-electron chi connectivity index (χ0n) is 21.0. The number of hydrogen-bond acceptors (Lipinski definition) is 6. The van der Waals surface area contributed by atoms with Crippen LogP contribution in [-0.2, 0) is 17.8 Å². The molecule has 8 nitrogen and oxygen atoms in total. The number of nitrogens with two attached hydrogens (primary N) is 1. The summed E-state index contributed by atoms with van der Waals surface area (Å²) in [4.78, 5) is 29.3. The molecule has 2 N–H and O–H groups in total. The Hall–Kier alpha value is -2.94. The lowest BCUT2D eigenvalue weighted by atomic mass is 10.0. The molecule has 2 aromatic rings. The minimum Gasteiger partial charge on any atom is -0.444 e. The summed E-state index contributed by atoms with van der Waals surface area (Å²) in [6.07, 6.45) is -0.353. The van der Waals surface area contributed by atoms with Crippen LogP contribution in [0.4, 0.5) is 14.9 Å². The predicted molar refractivity (Wildman–Crippen MR) is 131 cm³/mol. The van der Waals surface area contributed by atoms with Crippen LogP contribution in [0.1, 0.15) is 45.7 Å². The molecule has 1 aromatic carbocycles. The van der Waals surface area contributed by atoms with Crippen molar-refractivity contribution in [1.82, 2.24) is 14.7 Å². The lowest BCUT2D eigenvalue weighted by Gasteiger charge is -2.38. The van der Waals surface area contributed by atoms with E-state index in [0.717, 1.165) is 0 Å². The minimum absolute atomic E-state index is 0.102. The van der Waals surface area contributed by atoms with Crippen molar-refractivity contribution in [2.75, 3.05) is 31.1 Å². The van der Waals surface area contributed by atoms with Gasteiger partial charge in [0.15, 0.2) is 0 Å². The molecule has 0 unspecified atom stereocenters. The number of amides is 1. The molecule has 0 atom stereocenters. The minimum atomic E-state index is -0.567. The van der Waals surface area contributed by atoms with Gasteiger partial charge in [0.05, 0.1) is 5.69 Å². The Kier molecular flexibility index (Phi) is 7.65. The zero-order chi connectivity index (χ0) is 25.2. The Labute approximate surface area is 200 Å². The van der Waals surface area contributed by atoms with Gasteiger partial charge in [-0.25, -0.2) is 13.9 Å². The number of anilines is 1. The van der Waals surface area contributed by atoms with E-state index in [1.807, 2.05) is 39.5 Å². The van der Waals surface area contributed by atoms with Crippen molar-refractivity contribution >= 4 is 11.8 Å². The number of hydrogen-bond donors (Lipinski definition) is 1. The molecule has 1 aromatic heterocycles. The summed E-state index contributed by atoms with van der Waals surface area (Å²) in [5, 5.41) is 4.68. The molecule has 1 amide bonds. The quantitative estimate of drug-likeness (QED) is 0.714. The SMILES string of the molecule is Cc1c(N2CCN(C(=O)OC(C)(C)C)CC2)c(-c2ccc(CN)c(F)c2)nn(CC(C)C)c1=O. The summed E-state index contributed by atoms with van der Waals surface area (Å²) in [6.45, 7) is 13.8. The number of piperazine rings is 1. The molecule has 0 radical (unpaired) electrons. The molecule has 1 fully saturated rings. The van der Waals surface area contributed by atoms with Crippen LogP contribution in [0.25, 0.3) is 11.3 Å². The van der Waals surface area contributed by atoms with Crippen molar-refractivity contribution in [2.24, 2.45) is 11.7 Å². The third-order valence-corrected chi connectivity index (χ3v) is 5.69. The number of benzene rings is 1. The molecular weight excluding hydrogens is 437 g/mol. The second kappa shape index (κ2) is 10.1. The largest absolute Gasteiger partial charge is 0.444 e. The van der Waals surface area contributed by atoms with Crippen LogP contribution < -0.4 is 16.2 Å². The van der Waals surface area contributed by atoms with Crippen LogP contribution >= 0.6 is 0 Å². The third kappa shape index (κ3) is 5.75. The standard InChI is InChI=1S/C25H36FN5O3/c1-16(2)15-31-23(32)17(3)22(21(28-31)18-7-8-19(14-27)20(26)13-18)29-9-11-30(12-10-29)24(33)34-25(4,5)6/h7-8,13,16H,9-12,14-15,27H2,1-6H3. The molecule has 9 heteroatoms. The Morgan fingerprint density at radius 3 is 2.38 bits per heavy atom. The van der Waals surface area contributed by atoms with E-state index in [4.69, 9.17) is 10.5 Å². The lowest BCUT2D eigenvalue weighted by molar-refractivity contribution is 0.0240. The highest BCUT2D eigenvalue weighted by molar-refractivity contribution is 5.78. The van der Waals surface area contributed by atoms with Gasteiger partial charge in [0.25, 0.3) is 5.56 Å². The summed E-state index contributed by atoms with van der Waals surface area (Å²) >= 11 is 0. The van der Waals surface area contributed by atoms with E-state index in [0.29, 0.717) is 60.8 Å². The van der Waals surface area contributed by atoms with E-state index in [1.54, 1.807) is 24.0 Å². The topological polar surface area (TPSA) is 93.7 Å². The molecule has 2 heterocycles. The summed E-state index contributed by atoms with van der Waals surface area (Å²) < 4.78 is 21.6. The highest BCUT2D eigenvalue weighted by Crippen LogP contribution is 2.32. The fourth-order valence-corrected chi connectivity index (χ4v) is 4.04. The number of halogens is 1. The monoisotopic (exact) mass is 473 g/mol. The van der Waals surface area contributed by atoms with Crippen LogP contribution in [0.5, 0.6) is 0 Å². The maximum Gasteiger partial charge on any atom is 0.410 e. The summed E-state index contributed by atoms with van der Waals surface area (Å²) in [5.41, 5.74) is 7.68. The normalized spacial score (nSPS) is 14.6. The van der Waals surface area contributed by atoms with Crippen LogP contribution in [0, 0.1) is 18.7 Å². The summed E-state index contributed by atoms with van der Waals surface area (Å²) in [7, 11) is 0. The molecular formula is C25H36FN5O3. The third-order valence-electron chi connectivity index (χ3n) is 5.69. The number of nitrogens with zero attached hydrogens (tertiary/aromatic N) is 4. The van der Waals surface area contributed by atoms with Gasteiger partial charge in [0.1, 0.15) is 17.1 Å². The van der Waals surface area contributed by atoms with E-state index < -0.39 is 11.4 Å². The molecule has 0 bridgehead atoms. The maximum atomic E-state index is 14.6. The smallest absolute Gasteiger partial charge is 0.410 e. The number of carbonyl (C=O) groups is 1.